The van der Waals surface area contributed by atoms with Gasteiger partial charge in [0.25, 0.3) is 0 Å². The molecule has 29 heavy (non-hydrogen) atoms. The number of esters is 1. The Balaban J connectivity index is 2.10. The normalized spacial score (nSPS) is 15.0. The van der Waals surface area contributed by atoms with Gasteiger partial charge in [0, 0.05) is 23.0 Å². The fraction of sp³-hybridized carbons (Fsp3) is 0.565. The van der Waals surface area contributed by atoms with Crippen LogP contribution in [-0.4, -0.2) is 34.5 Å². The average Bonchev–Trinajstić information content (AvgIpc) is 3.08. The standard InChI is InChI=1S/C23H35N3O3/c1-6-7-8-13-19(22(28)29-23(3,4)5)26-21(27)20(24)15(2)17-14-25-18-12-10-9-11-16(17)18/h9-12,14-15,19-20,25H,6-8,13,24H2,1-5H3,(H,26,27). The molecule has 0 fully saturated rings. The van der Waals surface area contributed by atoms with Crippen LogP contribution in [0.25, 0.3) is 10.9 Å². The number of hydrogen-bond acceptors (Lipinski definition) is 4. The van der Waals surface area contributed by atoms with Crippen LogP contribution in [0.15, 0.2) is 30.5 Å². The molecule has 0 saturated carbocycles. The average molecular weight is 402 g/mol. The van der Waals surface area contributed by atoms with Crippen LogP contribution in [-0.2, 0) is 14.3 Å². The lowest BCUT2D eigenvalue weighted by Gasteiger charge is -2.26. The Morgan fingerprint density at radius 1 is 1.21 bits per heavy atom. The zero-order valence-electron chi connectivity index (χ0n) is 18.2. The van der Waals surface area contributed by atoms with Crippen molar-refractivity contribution < 1.29 is 14.3 Å². The van der Waals surface area contributed by atoms with E-state index in [-0.39, 0.29) is 11.8 Å². The highest BCUT2D eigenvalue weighted by Gasteiger charge is 2.30. The highest BCUT2D eigenvalue weighted by atomic mass is 16.6. The Hall–Kier alpha value is -2.34. The van der Waals surface area contributed by atoms with Crippen molar-refractivity contribution in [3.8, 4) is 0 Å². The number of carbonyl (C=O) groups excluding carboxylic acids is 2. The second kappa shape index (κ2) is 9.92. The quantitative estimate of drug-likeness (QED) is 0.437. The summed E-state index contributed by atoms with van der Waals surface area (Å²) in [7, 11) is 0. The molecular weight excluding hydrogens is 366 g/mol. The summed E-state index contributed by atoms with van der Waals surface area (Å²) in [6.07, 6.45) is 5.31. The van der Waals surface area contributed by atoms with E-state index in [0.29, 0.717) is 6.42 Å². The number of rotatable bonds is 9. The molecule has 3 unspecified atom stereocenters. The van der Waals surface area contributed by atoms with Crippen LogP contribution in [0.5, 0.6) is 0 Å². The van der Waals surface area contributed by atoms with Crippen molar-refractivity contribution in [1.29, 1.82) is 0 Å². The Morgan fingerprint density at radius 3 is 2.55 bits per heavy atom. The van der Waals surface area contributed by atoms with Crippen LogP contribution in [0.2, 0.25) is 0 Å². The number of fused-ring (bicyclic) bond motifs is 1. The number of amides is 1. The molecule has 0 aliphatic carbocycles. The summed E-state index contributed by atoms with van der Waals surface area (Å²) in [5, 5.41) is 3.89. The van der Waals surface area contributed by atoms with Gasteiger partial charge in [0.15, 0.2) is 0 Å². The molecular formula is C23H35N3O3. The summed E-state index contributed by atoms with van der Waals surface area (Å²) < 4.78 is 5.50. The van der Waals surface area contributed by atoms with Gasteiger partial charge in [-0.2, -0.15) is 0 Å². The molecule has 0 saturated heterocycles. The predicted octanol–water partition coefficient (Wildman–Crippen LogP) is 4.01. The molecule has 0 aliphatic rings. The van der Waals surface area contributed by atoms with E-state index in [1.807, 2.05) is 58.2 Å². The van der Waals surface area contributed by atoms with Crippen molar-refractivity contribution in [2.75, 3.05) is 0 Å². The largest absolute Gasteiger partial charge is 0.458 e. The molecule has 2 rings (SSSR count). The van der Waals surface area contributed by atoms with Gasteiger partial charge in [0.1, 0.15) is 11.6 Å². The first kappa shape index (κ1) is 22.9. The van der Waals surface area contributed by atoms with Gasteiger partial charge in [0.05, 0.1) is 6.04 Å². The van der Waals surface area contributed by atoms with Crippen molar-refractivity contribution in [2.45, 2.75) is 83.9 Å². The summed E-state index contributed by atoms with van der Waals surface area (Å²) in [4.78, 5) is 28.7. The topological polar surface area (TPSA) is 97.2 Å². The molecule has 1 amide bonds. The lowest BCUT2D eigenvalue weighted by Crippen LogP contribution is -2.51. The molecule has 6 heteroatoms. The number of para-hydroxylation sites is 1. The molecule has 0 spiro atoms. The minimum Gasteiger partial charge on any atom is -0.458 e. The number of aromatic nitrogens is 1. The summed E-state index contributed by atoms with van der Waals surface area (Å²) in [5.74, 6) is -0.954. The van der Waals surface area contributed by atoms with E-state index in [2.05, 4.69) is 17.2 Å². The summed E-state index contributed by atoms with van der Waals surface area (Å²) in [6, 6.07) is 6.46. The summed E-state index contributed by atoms with van der Waals surface area (Å²) in [6.45, 7) is 9.49. The minimum atomic E-state index is -0.773. The van der Waals surface area contributed by atoms with Crippen LogP contribution in [0, 0.1) is 0 Å². The summed E-state index contributed by atoms with van der Waals surface area (Å²) in [5.41, 5.74) is 7.69. The molecule has 1 aromatic heterocycles. The van der Waals surface area contributed by atoms with E-state index in [1.54, 1.807) is 0 Å². The van der Waals surface area contributed by atoms with Crippen molar-refractivity contribution in [2.24, 2.45) is 5.73 Å². The van der Waals surface area contributed by atoms with E-state index in [4.69, 9.17) is 10.5 Å². The van der Waals surface area contributed by atoms with Crippen molar-refractivity contribution >= 4 is 22.8 Å². The number of nitrogens with two attached hydrogens (primary N) is 1. The number of nitrogens with one attached hydrogen (secondary N) is 2. The predicted molar refractivity (Wildman–Crippen MR) is 117 cm³/mol. The fourth-order valence-electron chi connectivity index (χ4n) is 3.38. The first-order chi connectivity index (χ1) is 13.6. The summed E-state index contributed by atoms with van der Waals surface area (Å²) >= 11 is 0. The third-order valence-electron chi connectivity index (χ3n) is 5.06. The zero-order chi connectivity index (χ0) is 21.6. The number of H-pyrrole nitrogens is 1. The van der Waals surface area contributed by atoms with Crippen LogP contribution < -0.4 is 11.1 Å². The van der Waals surface area contributed by atoms with E-state index >= 15 is 0 Å². The van der Waals surface area contributed by atoms with Crippen LogP contribution in [0.1, 0.15) is 71.8 Å². The minimum absolute atomic E-state index is 0.207. The first-order valence-corrected chi connectivity index (χ1v) is 10.5. The van der Waals surface area contributed by atoms with Gasteiger partial charge in [-0.25, -0.2) is 4.79 Å². The lowest BCUT2D eigenvalue weighted by molar-refractivity contribution is -0.159. The second-order valence-electron chi connectivity index (χ2n) is 8.69. The van der Waals surface area contributed by atoms with Crippen LogP contribution >= 0.6 is 0 Å². The molecule has 2 aromatic rings. The fourth-order valence-corrected chi connectivity index (χ4v) is 3.38. The van der Waals surface area contributed by atoms with Crippen molar-refractivity contribution in [3.05, 3.63) is 36.0 Å². The number of hydrogen-bond donors (Lipinski definition) is 3. The maximum Gasteiger partial charge on any atom is 0.329 e. The van der Waals surface area contributed by atoms with E-state index < -0.39 is 23.7 Å². The highest BCUT2D eigenvalue weighted by Crippen LogP contribution is 2.27. The van der Waals surface area contributed by atoms with E-state index in [9.17, 15) is 9.59 Å². The molecule has 0 aliphatic heterocycles. The second-order valence-corrected chi connectivity index (χ2v) is 8.69. The van der Waals surface area contributed by atoms with Gasteiger partial charge < -0.3 is 20.8 Å². The van der Waals surface area contributed by atoms with Gasteiger partial charge in [-0.1, -0.05) is 51.3 Å². The lowest BCUT2D eigenvalue weighted by atomic mass is 9.92. The number of ether oxygens (including phenoxy) is 1. The molecule has 0 radical (unpaired) electrons. The van der Waals surface area contributed by atoms with Gasteiger partial charge in [-0.15, -0.1) is 0 Å². The monoisotopic (exact) mass is 401 g/mol. The Labute approximate surface area is 173 Å². The van der Waals surface area contributed by atoms with Gasteiger partial charge in [0.2, 0.25) is 5.91 Å². The van der Waals surface area contributed by atoms with E-state index in [1.165, 1.54) is 0 Å². The SMILES string of the molecule is CCCCCC(NC(=O)C(N)C(C)c1c[nH]c2ccccc12)C(=O)OC(C)(C)C. The number of unbranched alkanes of at least 4 members (excludes halogenated alkanes) is 2. The van der Waals surface area contributed by atoms with Crippen molar-refractivity contribution in [3.63, 3.8) is 0 Å². The molecule has 6 nitrogen and oxygen atoms in total. The molecule has 4 N–H and O–H groups in total. The Bertz CT molecular complexity index is 822. The van der Waals surface area contributed by atoms with Gasteiger partial charge >= 0.3 is 5.97 Å². The van der Waals surface area contributed by atoms with Crippen LogP contribution in [0.3, 0.4) is 0 Å². The number of benzene rings is 1. The third kappa shape index (κ3) is 6.32. The molecule has 1 heterocycles. The molecule has 0 bridgehead atoms. The first-order valence-electron chi connectivity index (χ1n) is 10.5. The highest BCUT2D eigenvalue weighted by molar-refractivity contribution is 5.90. The molecule has 3 atom stereocenters. The van der Waals surface area contributed by atoms with Gasteiger partial charge in [-0.05, 0) is 38.8 Å². The Kier molecular flexibility index (Phi) is 7.85. The molecule has 1 aromatic carbocycles. The number of aromatic amines is 1. The maximum atomic E-state index is 12.9. The maximum absolute atomic E-state index is 12.9. The zero-order valence-corrected chi connectivity index (χ0v) is 18.2. The van der Waals surface area contributed by atoms with E-state index in [0.717, 1.165) is 35.7 Å². The Morgan fingerprint density at radius 2 is 1.90 bits per heavy atom. The van der Waals surface area contributed by atoms with Crippen molar-refractivity contribution in [1.82, 2.24) is 10.3 Å². The third-order valence-corrected chi connectivity index (χ3v) is 5.06. The smallest absolute Gasteiger partial charge is 0.329 e. The molecule has 160 valence electrons. The number of carbonyl (C=O) groups is 2. The van der Waals surface area contributed by atoms with Gasteiger partial charge in [-0.3, -0.25) is 4.79 Å². The van der Waals surface area contributed by atoms with Crippen LogP contribution in [0.4, 0.5) is 0 Å².